The molecule has 1 aliphatic rings. The van der Waals surface area contributed by atoms with Crippen LogP contribution < -0.4 is 10.6 Å². The fourth-order valence-corrected chi connectivity index (χ4v) is 2.71. The summed E-state index contributed by atoms with van der Waals surface area (Å²) in [4.78, 5) is 16.7. The number of nitrogens with zero attached hydrogens (tertiary/aromatic N) is 2. The van der Waals surface area contributed by atoms with E-state index in [4.69, 9.17) is 5.73 Å². The molecule has 2 N–H and O–H groups in total. The molecule has 0 bridgehead atoms. The van der Waals surface area contributed by atoms with Gasteiger partial charge < -0.3 is 10.6 Å². The lowest BCUT2D eigenvalue weighted by atomic mass is 9.94. The molecule has 1 amide bonds. The van der Waals surface area contributed by atoms with Gasteiger partial charge in [0.1, 0.15) is 11.5 Å². The summed E-state index contributed by atoms with van der Waals surface area (Å²) < 4.78 is 38.4. The van der Waals surface area contributed by atoms with Gasteiger partial charge in [0.05, 0.1) is 5.56 Å². The molecule has 0 unspecified atom stereocenters. The fraction of sp³-hybridized carbons (Fsp3) is 0.571. The number of anilines is 1. The van der Waals surface area contributed by atoms with E-state index in [1.54, 1.807) is 11.9 Å². The Morgan fingerprint density at radius 1 is 1.29 bits per heavy atom. The van der Waals surface area contributed by atoms with Crippen LogP contribution in [0.4, 0.5) is 19.0 Å². The van der Waals surface area contributed by atoms with Gasteiger partial charge in [-0.2, -0.15) is 13.2 Å². The molecule has 7 heteroatoms. The Labute approximate surface area is 121 Å². The summed E-state index contributed by atoms with van der Waals surface area (Å²) in [7, 11) is 1.67. The fourth-order valence-electron chi connectivity index (χ4n) is 2.71. The summed E-state index contributed by atoms with van der Waals surface area (Å²) in [6, 6.07) is 1.98. The van der Waals surface area contributed by atoms with Crippen molar-refractivity contribution >= 4 is 11.7 Å². The van der Waals surface area contributed by atoms with Crippen molar-refractivity contribution in [3.05, 3.63) is 23.4 Å². The van der Waals surface area contributed by atoms with E-state index < -0.39 is 17.8 Å². The summed E-state index contributed by atoms with van der Waals surface area (Å²) in [5, 5.41) is 0. The monoisotopic (exact) mass is 301 g/mol. The van der Waals surface area contributed by atoms with Crippen LogP contribution in [-0.4, -0.2) is 24.0 Å². The van der Waals surface area contributed by atoms with Crippen LogP contribution >= 0.6 is 0 Å². The maximum absolute atomic E-state index is 12.8. The maximum atomic E-state index is 12.8. The number of carbonyl (C=O) groups is 1. The van der Waals surface area contributed by atoms with Crippen molar-refractivity contribution in [2.75, 3.05) is 11.9 Å². The molecule has 0 saturated heterocycles. The standard InChI is InChI=1S/C14H18F3N3O/c1-20(9-5-3-2-4-6-9)13-10(12(18)21)7-8-11(19-13)14(15,16)17/h7-9H,2-6H2,1H3,(H2,18,21). The number of nitrogens with two attached hydrogens (primary N) is 1. The van der Waals surface area contributed by atoms with Crippen molar-refractivity contribution < 1.29 is 18.0 Å². The van der Waals surface area contributed by atoms with Gasteiger partial charge in [-0.05, 0) is 25.0 Å². The molecular formula is C14H18F3N3O. The van der Waals surface area contributed by atoms with E-state index in [0.717, 1.165) is 44.2 Å². The summed E-state index contributed by atoms with van der Waals surface area (Å²) in [6.45, 7) is 0. The Kier molecular flexibility index (Phi) is 4.39. The van der Waals surface area contributed by atoms with Crippen LogP contribution in [0.5, 0.6) is 0 Å². The normalized spacial score (nSPS) is 16.8. The number of pyridine rings is 1. The van der Waals surface area contributed by atoms with Crippen LogP contribution in [0, 0.1) is 0 Å². The van der Waals surface area contributed by atoms with E-state index in [1.165, 1.54) is 0 Å². The zero-order chi connectivity index (χ0) is 15.6. The first-order valence-electron chi connectivity index (χ1n) is 6.91. The van der Waals surface area contributed by atoms with Crippen LogP contribution in [0.15, 0.2) is 12.1 Å². The van der Waals surface area contributed by atoms with Crippen molar-refractivity contribution in [1.29, 1.82) is 0 Å². The third-order valence-electron chi connectivity index (χ3n) is 3.89. The Hall–Kier alpha value is -1.79. The molecule has 0 aliphatic heterocycles. The smallest absolute Gasteiger partial charge is 0.365 e. The second kappa shape index (κ2) is 5.91. The molecule has 0 radical (unpaired) electrons. The van der Waals surface area contributed by atoms with Gasteiger partial charge in [-0.3, -0.25) is 4.79 Å². The van der Waals surface area contributed by atoms with Gasteiger partial charge in [-0.15, -0.1) is 0 Å². The molecule has 1 aromatic rings. The van der Waals surface area contributed by atoms with Gasteiger partial charge in [0, 0.05) is 13.1 Å². The molecule has 1 aliphatic carbocycles. The molecule has 2 rings (SSSR count). The Morgan fingerprint density at radius 3 is 2.43 bits per heavy atom. The second-order valence-electron chi connectivity index (χ2n) is 5.33. The molecular weight excluding hydrogens is 283 g/mol. The average molecular weight is 301 g/mol. The number of amides is 1. The van der Waals surface area contributed by atoms with E-state index in [-0.39, 0.29) is 17.4 Å². The van der Waals surface area contributed by atoms with Crippen molar-refractivity contribution in [3.63, 3.8) is 0 Å². The molecule has 0 spiro atoms. The third kappa shape index (κ3) is 3.46. The molecule has 4 nitrogen and oxygen atoms in total. The number of primary amides is 1. The van der Waals surface area contributed by atoms with Crippen molar-refractivity contribution in [3.8, 4) is 0 Å². The van der Waals surface area contributed by atoms with Crippen LogP contribution in [0.3, 0.4) is 0 Å². The minimum atomic E-state index is -4.54. The van der Waals surface area contributed by atoms with Crippen LogP contribution in [-0.2, 0) is 6.18 Å². The highest BCUT2D eigenvalue weighted by molar-refractivity contribution is 5.97. The molecule has 1 fully saturated rings. The van der Waals surface area contributed by atoms with E-state index in [2.05, 4.69) is 4.98 Å². The van der Waals surface area contributed by atoms with Crippen molar-refractivity contribution in [2.45, 2.75) is 44.3 Å². The number of halogens is 3. The third-order valence-corrected chi connectivity index (χ3v) is 3.89. The largest absolute Gasteiger partial charge is 0.433 e. The average Bonchev–Trinajstić information content (AvgIpc) is 2.45. The quantitative estimate of drug-likeness (QED) is 0.933. The molecule has 21 heavy (non-hydrogen) atoms. The van der Waals surface area contributed by atoms with Gasteiger partial charge in [-0.1, -0.05) is 19.3 Å². The minimum Gasteiger partial charge on any atom is -0.365 e. The summed E-state index contributed by atoms with van der Waals surface area (Å²) in [6.07, 6.45) is 0.403. The number of hydrogen-bond acceptors (Lipinski definition) is 3. The van der Waals surface area contributed by atoms with E-state index in [9.17, 15) is 18.0 Å². The SMILES string of the molecule is CN(c1nc(C(F)(F)F)ccc1C(N)=O)C1CCCCC1. The summed E-state index contributed by atoms with van der Waals surface area (Å²) in [5.74, 6) is -0.752. The van der Waals surface area contributed by atoms with Gasteiger partial charge in [-0.25, -0.2) is 4.98 Å². The zero-order valence-corrected chi connectivity index (χ0v) is 11.8. The highest BCUT2D eigenvalue weighted by atomic mass is 19.4. The lowest BCUT2D eigenvalue weighted by Gasteiger charge is -2.33. The topological polar surface area (TPSA) is 59.2 Å². The van der Waals surface area contributed by atoms with Gasteiger partial charge in [0.2, 0.25) is 0 Å². The van der Waals surface area contributed by atoms with Gasteiger partial charge in [0.15, 0.2) is 0 Å². The predicted molar refractivity (Wildman–Crippen MR) is 73.0 cm³/mol. The number of carbonyl (C=O) groups excluding carboxylic acids is 1. The Morgan fingerprint density at radius 2 is 1.90 bits per heavy atom. The Balaban J connectivity index is 2.40. The van der Waals surface area contributed by atoms with Gasteiger partial charge in [0.25, 0.3) is 5.91 Å². The first-order valence-corrected chi connectivity index (χ1v) is 6.91. The number of alkyl halides is 3. The second-order valence-corrected chi connectivity index (χ2v) is 5.33. The lowest BCUT2D eigenvalue weighted by Crippen LogP contribution is -2.36. The van der Waals surface area contributed by atoms with Crippen LogP contribution in [0.2, 0.25) is 0 Å². The molecule has 116 valence electrons. The predicted octanol–water partition coefficient (Wildman–Crippen LogP) is 2.97. The van der Waals surface area contributed by atoms with E-state index in [1.807, 2.05) is 0 Å². The molecule has 1 saturated carbocycles. The zero-order valence-electron chi connectivity index (χ0n) is 11.8. The van der Waals surface area contributed by atoms with Crippen LogP contribution in [0.25, 0.3) is 0 Å². The lowest BCUT2D eigenvalue weighted by molar-refractivity contribution is -0.141. The van der Waals surface area contributed by atoms with Crippen molar-refractivity contribution in [1.82, 2.24) is 4.98 Å². The summed E-state index contributed by atoms with van der Waals surface area (Å²) >= 11 is 0. The minimum absolute atomic E-state index is 0.0178. The number of rotatable bonds is 3. The first-order chi connectivity index (χ1) is 9.80. The highest BCUT2D eigenvalue weighted by Gasteiger charge is 2.34. The van der Waals surface area contributed by atoms with E-state index >= 15 is 0 Å². The summed E-state index contributed by atoms with van der Waals surface area (Å²) in [5.41, 5.74) is 4.27. The maximum Gasteiger partial charge on any atom is 0.433 e. The number of aromatic nitrogens is 1. The molecule has 1 aromatic heterocycles. The van der Waals surface area contributed by atoms with E-state index in [0.29, 0.717) is 0 Å². The highest BCUT2D eigenvalue weighted by Crippen LogP contribution is 2.32. The van der Waals surface area contributed by atoms with Gasteiger partial charge >= 0.3 is 6.18 Å². The molecule has 0 aromatic carbocycles. The number of hydrogen-bond donors (Lipinski definition) is 1. The molecule has 0 atom stereocenters. The van der Waals surface area contributed by atoms with Crippen LogP contribution in [0.1, 0.15) is 48.2 Å². The Bertz CT molecular complexity index is 525. The first kappa shape index (κ1) is 15.6. The van der Waals surface area contributed by atoms with Crippen molar-refractivity contribution in [2.24, 2.45) is 5.73 Å². The molecule has 1 heterocycles.